The average Bonchev–Trinajstić information content (AvgIpc) is 3.48. The number of piperidine rings is 1. The Morgan fingerprint density at radius 3 is 2.55 bits per heavy atom. The summed E-state index contributed by atoms with van der Waals surface area (Å²) in [6.07, 6.45) is 12.3. The predicted octanol–water partition coefficient (Wildman–Crippen LogP) is 3.19. The first-order valence-corrected chi connectivity index (χ1v) is 11.6. The van der Waals surface area contributed by atoms with Crippen LogP contribution in [-0.4, -0.2) is 75.2 Å². The topological polar surface area (TPSA) is 55.3 Å². The summed E-state index contributed by atoms with van der Waals surface area (Å²) in [7, 11) is 1.94. The molecule has 2 aliphatic carbocycles. The lowest BCUT2D eigenvalue weighted by molar-refractivity contribution is -0.125. The Kier molecular flexibility index (Phi) is 7.29. The number of ether oxygens (including phenoxy) is 3. The minimum Gasteiger partial charge on any atom is -0.377 e. The molecule has 29 heavy (non-hydrogen) atoms. The Morgan fingerprint density at radius 1 is 1.07 bits per heavy atom. The van der Waals surface area contributed by atoms with Gasteiger partial charge in [0.1, 0.15) is 0 Å². The van der Waals surface area contributed by atoms with Gasteiger partial charge in [-0.2, -0.15) is 0 Å². The van der Waals surface area contributed by atoms with Crippen molar-refractivity contribution in [2.75, 3.05) is 40.0 Å². The number of likely N-dealkylation sites (tertiary alicyclic amines) is 1. The lowest BCUT2D eigenvalue weighted by Gasteiger charge is -2.57. The maximum absolute atomic E-state index is 6.15. The van der Waals surface area contributed by atoms with Gasteiger partial charge in [-0.05, 0) is 44.9 Å². The van der Waals surface area contributed by atoms with E-state index in [4.69, 9.17) is 14.2 Å². The number of nitrogens with zero attached hydrogens (tertiary/aromatic N) is 2. The van der Waals surface area contributed by atoms with Crippen LogP contribution in [0.4, 0.5) is 0 Å². The van der Waals surface area contributed by atoms with Crippen LogP contribution in [0.5, 0.6) is 0 Å². The SMILES string of the molecule is CN=C(NC1C2CCOC2C12CCCC2)N1CCC(OCC2CCCO2)CC1.I. The second-order valence-corrected chi connectivity index (χ2v) is 9.51. The summed E-state index contributed by atoms with van der Waals surface area (Å²) in [4.78, 5) is 7.11. The van der Waals surface area contributed by atoms with E-state index in [1.807, 2.05) is 7.05 Å². The largest absolute Gasteiger partial charge is 0.377 e. The summed E-state index contributed by atoms with van der Waals surface area (Å²) >= 11 is 0. The third-order valence-corrected chi connectivity index (χ3v) is 8.07. The molecule has 3 saturated heterocycles. The van der Waals surface area contributed by atoms with Crippen molar-refractivity contribution in [3.8, 4) is 0 Å². The Balaban J connectivity index is 0.00000205. The molecule has 0 aromatic rings. The molecular formula is C22H38IN3O3. The molecule has 1 N–H and O–H groups in total. The fraction of sp³-hybridized carbons (Fsp3) is 0.955. The van der Waals surface area contributed by atoms with Gasteiger partial charge < -0.3 is 24.4 Å². The van der Waals surface area contributed by atoms with E-state index in [0.717, 1.165) is 58.1 Å². The molecule has 0 bridgehead atoms. The number of hydrogen-bond acceptors (Lipinski definition) is 4. The molecule has 6 nitrogen and oxygen atoms in total. The molecule has 2 saturated carbocycles. The number of guanidine groups is 1. The Morgan fingerprint density at radius 2 is 1.86 bits per heavy atom. The Labute approximate surface area is 192 Å². The van der Waals surface area contributed by atoms with E-state index < -0.39 is 0 Å². The second-order valence-electron chi connectivity index (χ2n) is 9.51. The maximum Gasteiger partial charge on any atom is 0.193 e. The van der Waals surface area contributed by atoms with Gasteiger partial charge in [-0.3, -0.25) is 4.99 Å². The molecule has 5 aliphatic rings. The molecule has 5 rings (SSSR count). The van der Waals surface area contributed by atoms with E-state index in [0.29, 0.717) is 35.7 Å². The van der Waals surface area contributed by atoms with Crippen molar-refractivity contribution < 1.29 is 14.2 Å². The van der Waals surface area contributed by atoms with Gasteiger partial charge >= 0.3 is 0 Å². The molecule has 4 atom stereocenters. The van der Waals surface area contributed by atoms with Crippen LogP contribution in [0.2, 0.25) is 0 Å². The highest BCUT2D eigenvalue weighted by Crippen LogP contribution is 2.60. The second kappa shape index (κ2) is 9.57. The van der Waals surface area contributed by atoms with Crippen molar-refractivity contribution in [1.29, 1.82) is 0 Å². The van der Waals surface area contributed by atoms with Gasteiger partial charge in [0.25, 0.3) is 0 Å². The van der Waals surface area contributed by atoms with Crippen LogP contribution in [0.25, 0.3) is 0 Å². The zero-order valence-corrected chi connectivity index (χ0v) is 20.1. The standard InChI is InChI=1S/C22H37N3O3.HI/c1-23-21(24-19-18-8-14-27-20(18)22(19)9-2-3-10-22)25-11-6-16(7-12-25)28-15-17-5-4-13-26-17;/h16-20H,2-15H2,1H3,(H,23,24);1H. The molecule has 0 aromatic heterocycles. The summed E-state index contributed by atoms with van der Waals surface area (Å²) in [6, 6.07) is 0.551. The molecule has 166 valence electrons. The van der Waals surface area contributed by atoms with Crippen LogP contribution >= 0.6 is 24.0 Å². The van der Waals surface area contributed by atoms with E-state index in [2.05, 4.69) is 15.2 Å². The molecule has 0 radical (unpaired) electrons. The van der Waals surface area contributed by atoms with Crippen molar-refractivity contribution in [2.24, 2.45) is 16.3 Å². The molecule has 0 amide bonds. The number of rotatable bonds is 4. The number of fused-ring (bicyclic) bond motifs is 2. The quantitative estimate of drug-likeness (QED) is 0.352. The third-order valence-electron chi connectivity index (χ3n) is 8.07. The van der Waals surface area contributed by atoms with Crippen molar-refractivity contribution in [2.45, 2.75) is 82.1 Å². The van der Waals surface area contributed by atoms with E-state index in [9.17, 15) is 0 Å². The Hall–Kier alpha value is -0.120. The Bertz CT molecular complexity index is 570. The van der Waals surface area contributed by atoms with E-state index >= 15 is 0 Å². The summed E-state index contributed by atoms with van der Waals surface area (Å²) < 4.78 is 18.0. The summed E-state index contributed by atoms with van der Waals surface area (Å²) in [5, 5.41) is 3.90. The van der Waals surface area contributed by atoms with Crippen molar-refractivity contribution >= 4 is 29.9 Å². The summed E-state index contributed by atoms with van der Waals surface area (Å²) in [5.74, 6) is 1.78. The minimum atomic E-state index is 0. The molecular weight excluding hydrogens is 481 g/mol. The van der Waals surface area contributed by atoms with Crippen LogP contribution in [0.15, 0.2) is 4.99 Å². The van der Waals surface area contributed by atoms with Gasteiger partial charge in [0.05, 0.1) is 24.9 Å². The first-order chi connectivity index (χ1) is 13.8. The minimum absolute atomic E-state index is 0. The zero-order chi connectivity index (χ0) is 19.0. The molecule has 4 unspecified atom stereocenters. The lowest BCUT2D eigenvalue weighted by atomic mass is 9.54. The van der Waals surface area contributed by atoms with Crippen LogP contribution in [-0.2, 0) is 14.2 Å². The van der Waals surface area contributed by atoms with Gasteiger partial charge in [0, 0.05) is 50.7 Å². The van der Waals surface area contributed by atoms with Crippen LogP contribution in [0.3, 0.4) is 0 Å². The lowest BCUT2D eigenvalue weighted by Crippen LogP contribution is -2.69. The molecule has 3 heterocycles. The average molecular weight is 519 g/mol. The van der Waals surface area contributed by atoms with Crippen molar-refractivity contribution in [3.63, 3.8) is 0 Å². The van der Waals surface area contributed by atoms with Crippen LogP contribution < -0.4 is 5.32 Å². The van der Waals surface area contributed by atoms with E-state index in [1.165, 1.54) is 38.5 Å². The van der Waals surface area contributed by atoms with Gasteiger partial charge in [-0.1, -0.05) is 12.8 Å². The highest BCUT2D eigenvalue weighted by Gasteiger charge is 2.65. The van der Waals surface area contributed by atoms with Gasteiger partial charge in [0.15, 0.2) is 5.96 Å². The van der Waals surface area contributed by atoms with Crippen molar-refractivity contribution in [3.05, 3.63) is 0 Å². The number of hydrogen-bond donors (Lipinski definition) is 1. The number of nitrogens with one attached hydrogen (secondary N) is 1. The maximum atomic E-state index is 6.15. The van der Waals surface area contributed by atoms with E-state index in [1.54, 1.807) is 0 Å². The van der Waals surface area contributed by atoms with Crippen molar-refractivity contribution in [1.82, 2.24) is 10.2 Å². The monoisotopic (exact) mass is 519 g/mol. The fourth-order valence-corrected chi connectivity index (χ4v) is 6.59. The smallest absolute Gasteiger partial charge is 0.193 e. The fourth-order valence-electron chi connectivity index (χ4n) is 6.59. The van der Waals surface area contributed by atoms with Gasteiger partial charge in [-0.25, -0.2) is 0 Å². The predicted molar refractivity (Wildman–Crippen MR) is 124 cm³/mol. The van der Waals surface area contributed by atoms with Crippen LogP contribution in [0.1, 0.15) is 57.8 Å². The van der Waals surface area contributed by atoms with Gasteiger partial charge in [0.2, 0.25) is 0 Å². The summed E-state index contributed by atoms with van der Waals surface area (Å²) in [5.41, 5.74) is 0.375. The molecule has 0 aromatic carbocycles. The van der Waals surface area contributed by atoms with E-state index in [-0.39, 0.29) is 24.0 Å². The molecule has 5 fully saturated rings. The highest BCUT2D eigenvalue weighted by atomic mass is 127. The highest BCUT2D eigenvalue weighted by molar-refractivity contribution is 14.0. The normalized spacial score (nSPS) is 36.7. The number of aliphatic imine (C=N–C) groups is 1. The molecule has 1 spiro atoms. The van der Waals surface area contributed by atoms with Crippen LogP contribution in [0, 0.1) is 11.3 Å². The molecule has 7 heteroatoms. The third kappa shape index (κ3) is 4.17. The van der Waals surface area contributed by atoms with Gasteiger partial charge in [-0.15, -0.1) is 24.0 Å². The zero-order valence-electron chi connectivity index (χ0n) is 17.8. The first kappa shape index (κ1) is 22.1. The first-order valence-electron chi connectivity index (χ1n) is 11.6. The summed E-state index contributed by atoms with van der Waals surface area (Å²) in [6.45, 7) is 4.68. The number of halogens is 1. The molecule has 3 aliphatic heterocycles.